The van der Waals surface area contributed by atoms with Crippen LogP contribution in [-0.2, 0) is 6.42 Å². The molecule has 1 aliphatic heterocycles. The summed E-state index contributed by atoms with van der Waals surface area (Å²) in [4.78, 5) is 27.8. The largest absolute Gasteiger partial charge is 0.349 e. The average molecular weight is 377 g/mol. The minimum atomic E-state index is -0.0689. The van der Waals surface area contributed by atoms with Crippen LogP contribution in [0.4, 0.5) is 5.69 Å². The van der Waals surface area contributed by atoms with E-state index in [-0.39, 0.29) is 17.9 Å². The number of anilines is 1. The summed E-state index contributed by atoms with van der Waals surface area (Å²) in [6, 6.07) is 15.5. The Morgan fingerprint density at radius 3 is 2.43 bits per heavy atom. The van der Waals surface area contributed by atoms with Crippen LogP contribution in [0.5, 0.6) is 0 Å². The lowest BCUT2D eigenvalue weighted by Crippen LogP contribution is -2.36. The molecule has 0 atom stereocenters. The molecule has 2 amide bonds. The molecule has 1 fully saturated rings. The Hall–Kier alpha value is -2.62. The quantitative estimate of drug-likeness (QED) is 0.787. The van der Waals surface area contributed by atoms with Crippen LogP contribution in [-0.4, -0.2) is 24.4 Å². The lowest BCUT2D eigenvalue weighted by molar-refractivity contribution is 0.0933. The maximum absolute atomic E-state index is 13.2. The predicted molar refractivity (Wildman–Crippen MR) is 112 cm³/mol. The van der Waals surface area contributed by atoms with Crippen molar-refractivity contribution in [2.24, 2.45) is 0 Å². The van der Waals surface area contributed by atoms with Crippen LogP contribution in [0.3, 0.4) is 0 Å². The van der Waals surface area contributed by atoms with E-state index in [9.17, 15) is 9.59 Å². The highest BCUT2D eigenvalue weighted by Gasteiger charge is 2.24. The van der Waals surface area contributed by atoms with Crippen molar-refractivity contribution in [3.8, 4) is 0 Å². The molecule has 28 heavy (non-hydrogen) atoms. The molecule has 2 aromatic carbocycles. The van der Waals surface area contributed by atoms with Gasteiger partial charge in [0.05, 0.1) is 0 Å². The summed E-state index contributed by atoms with van der Waals surface area (Å²) in [6.45, 7) is 0.717. The maximum atomic E-state index is 13.2. The average Bonchev–Trinajstić information content (AvgIpc) is 3.01. The molecule has 146 valence electrons. The number of benzene rings is 2. The summed E-state index contributed by atoms with van der Waals surface area (Å²) < 4.78 is 0. The zero-order valence-corrected chi connectivity index (χ0v) is 16.3. The van der Waals surface area contributed by atoms with Gasteiger partial charge in [-0.25, -0.2) is 0 Å². The van der Waals surface area contributed by atoms with Gasteiger partial charge in [-0.15, -0.1) is 0 Å². The van der Waals surface area contributed by atoms with E-state index >= 15 is 0 Å². The Kier molecular flexibility index (Phi) is 5.75. The summed E-state index contributed by atoms with van der Waals surface area (Å²) >= 11 is 0. The lowest BCUT2D eigenvalue weighted by Gasteiger charge is -2.29. The fourth-order valence-electron chi connectivity index (χ4n) is 4.39. The highest BCUT2D eigenvalue weighted by molar-refractivity contribution is 6.08. The molecule has 4 rings (SSSR count). The zero-order valence-electron chi connectivity index (χ0n) is 16.3. The number of aryl methyl sites for hydroxylation is 1. The first-order chi connectivity index (χ1) is 13.7. The van der Waals surface area contributed by atoms with Crippen molar-refractivity contribution in [3.63, 3.8) is 0 Å². The van der Waals surface area contributed by atoms with Crippen molar-refractivity contribution in [2.45, 2.75) is 57.4 Å². The monoisotopic (exact) mass is 376 g/mol. The van der Waals surface area contributed by atoms with Crippen molar-refractivity contribution in [1.29, 1.82) is 0 Å². The van der Waals surface area contributed by atoms with E-state index in [0.29, 0.717) is 17.7 Å². The topological polar surface area (TPSA) is 49.4 Å². The van der Waals surface area contributed by atoms with E-state index in [4.69, 9.17) is 0 Å². The van der Waals surface area contributed by atoms with Gasteiger partial charge in [-0.05, 0) is 55.5 Å². The molecule has 4 heteroatoms. The summed E-state index contributed by atoms with van der Waals surface area (Å²) in [5, 5.41) is 3.17. The second kappa shape index (κ2) is 8.59. The first kappa shape index (κ1) is 18.7. The summed E-state index contributed by atoms with van der Waals surface area (Å²) in [7, 11) is 0. The second-order valence-corrected chi connectivity index (χ2v) is 7.93. The minimum absolute atomic E-state index is 0.0312. The van der Waals surface area contributed by atoms with Gasteiger partial charge in [0.1, 0.15) is 0 Å². The third-order valence-electron chi connectivity index (χ3n) is 5.92. The number of para-hydroxylation sites is 1. The van der Waals surface area contributed by atoms with Crippen LogP contribution in [0.2, 0.25) is 0 Å². The standard InChI is InChI=1S/C24H28N2O2/c27-23(25-21-13-3-1-2-4-14-21)19-10-7-11-20(17-19)24(28)26-16-8-12-18-9-5-6-15-22(18)26/h5-7,9-11,15,17,21H,1-4,8,12-14,16H2,(H,25,27). The summed E-state index contributed by atoms with van der Waals surface area (Å²) in [5.74, 6) is -0.100. The van der Waals surface area contributed by atoms with Crippen LogP contribution in [0.25, 0.3) is 0 Å². The van der Waals surface area contributed by atoms with Gasteiger partial charge in [0.25, 0.3) is 11.8 Å². The Labute approximate surface area is 166 Å². The van der Waals surface area contributed by atoms with Crippen LogP contribution in [0, 0.1) is 0 Å². The highest BCUT2D eigenvalue weighted by Crippen LogP contribution is 2.28. The van der Waals surface area contributed by atoms with E-state index in [2.05, 4.69) is 11.4 Å². The van der Waals surface area contributed by atoms with Gasteiger partial charge in [-0.3, -0.25) is 9.59 Å². The van der Waals surface area contributed by atoms with E-state index in [1.54, 1.807) is 12.1 Å². The normalized spacial score (nSPS) is 17.5. The maximum Gasteiger partial charge on any atom is 0.258 e. The smallest absolute Gasteiger partial charge is 0.258 e. The molecule has 0 unspecified atom stereocenters. The van der Waals surface area contributed by atoms with Gasteiger partial charge < -0.3 is 10.2 Å². The summed E-state index contributed by atoms with van der Waals surface area (Å²) in [5.41, 5.74) is 3.35. The number of hydrogen-bond acceptors (Lipinski definition) is 2. The van der Waals surface area contributed by atoms with E-state index in [1.807, 2.05) is 35.2 Å². The van der Waals surface area contributed by atoms with Crippen molar-refractivity contribution in [3.05, 3.63) is 65.2 Å². The number of amides is 2. The zero-order chi connectivity index (χ0) is 19.3. The molecular weight excluding hydrogens is 348 g/mol. The molecule has 2 aromatic rings. The highest BCUT2D eigenvalue weighted by atomic mass is 16.2. The molecule has 2 aliphatic rings. The minimum Gasteiger partial charge on any atom is -0.349 e. The van der Waals surface area contributed by atoms with Gasteiger partial charge in [0.15, 0.2) is 0 Å². The molecule has 4 nitrogen and oxygen atoms in total. The van der Waals surface area contributed by atoms with Crippen molar-refractivity contribution in [1.82, 2.24) is 5.32 Å². The van der Waals surface area contributed by atoms with Gasteiger partial charge in [-0.1, -0.05) is 49.9 Å². The van der Waals surface area contributed by atoms with Crippen molar-refractivity contribution in [2.75, 3.05) is 11.4 Å². The molecule has 1 N–H and O–H groups in total. The fourth-order valence-corrected chi connectivity index (χ4v) is 4.39. The first-order valence-electron chi connectivity index (χ1n) is 10.5. The first-order valence-corrected chi connectivity index (χ1v) is 10.5. The molecule has 0 aromatic heterocycles. The van der Waals surface area contributed by atoms with Crippen molar-refractivity contribution < 1.29 is 9.59 Å². The molecule has 1 saturated carbocycles. The van der Waals surface area contributed by atoms with Crippen LogP contribution >= 0.6 is 0 Å². The van der Waals surface area contributed by atoms with Gasteiger partial charge in [-0.2, -0.15) is 0 Å². The Balaban J connectivity index is 1.50. The Bertz CT molecular complexity index is 853. The summed E-state index contributed by atoms with van der Waals surface area (Å²) in [6.07, 6.45) is 8.94. The van der Waals surface area contributed by atoms with Crippen molar-refractivity contribution >= 4 is 17.5 Å². The molecule has 0 radical (unpaired) electrons. The van der Waals surface area contributed by atoms with Crippen LogP contribution in [0.15, 0.2) is 48.5 Å². The number of carbonyl (C=O) groups is 2. The molecule has 0 saturated heterocycles. The number of carbonyl (C=O) groups excluding carboxylic acids is 2. The number of hydrogen-bond donors (Lipinski definition) is 1. The number of rotatable bonds is 3. The molecule has 0 bridgehead atoms. The SMILES string of the molecule is O=C(NC1CCCCCC1)c1cccc(C(=O)N2CCCc3ccccc32)c1. The third-order valence-corrected chi connectivity index (χ3v) is 5.92. The molecule has 0 spiro atoms. The van der Waals surface area contributed by atoms with Gasteiger partial charge in [0, 0.05) is 29.4 Å². The molecule has 1 aliphatic carbocycles. The fraction of sp³-hybridized carbons (Fsp3) is 0.417. The third kappa shape index (κ3) is 4.11. The number of nitrogens with zero attached hydrogens (tertiary/aromatic N) is 1. The Morgan fingerprint density at radius 1 is 0.857 bits per heavy atom. The lowest BCUT2D eigenvalue weighted by atomic mass is 10.0. The van der Waals surface area contributed by atoms with E-state index in [1.165, 1.54) is 31.2 Å². The van der Waals surface area contributed by atoms with Gasteiger partial charge >= 0.3 is 0 Å². The Morgan fingerprint density at radius 2 is 1.61 bits per heavy atom. The predicted octanol–water partition coefficient (Wildman–Crippen LogP) is 4.73. The van der Waals surface area contributed by atoms with E-state index in [0.717, 1.165) is 31.4 Å². The van der Waals surface area contributed by atoms with Gasteiger partial charge in [0.2, 0.25) is 0 Å². The van der Waals surface area contributed by atoms with Crippen LogP contribution in [0.1, 0.15) is 71.2 Å². The van der Waals surface area contributed by atoms with E-state index < -0.39 is 0 Å². The second-order valence-electron chi connectivity index (χ2n) is 7.93. The number of fused-ring (bicyclic) bond motifs is 1. The van der Waals surface area contributed by atoms with Crippen LogP contribution < -0.4 is 10.2 Å². The molecular formula is C24H28N2O2. The molecule has 1 heterocycles. The number of nitrogens with one attached hydrogen (secondary N) is 1.